The highest BCUT2D eigenvalue weighted by molar-refractivity contribution is 6.30. The molecule has 0 bridgehead atoms. The zero-order chi connectivity index (χ0) is 28.7. The molecule has 0 radical (unpaired) electrons. The number of halogens is 1. The normalized spacial score (nSPS) is 16.9. The first-order valence-electron chi connectivity index (χ1n) is 13.5. The summed E-state index contributed by atoms with van der Waals surface area (Å²) in [6, 6.07) is 11.9. The number of piperazine rings is 1. The van der Waals surface area contributed by atoms with Gasteiger partial charge in [0, 0.05) is 57.0 Å². The number of rotatable bonds is 8. The van der Waals surface area contributed by atoms with Gasteiger partial charge in [-0.05, 0) is 42.9 Å². The molecular weight excluding hydrogens is 546 g/mol. The number of imide groups is 1. The van der Waals surface area contributed by atoms with E-state index in [-0.39, 0.29) is 35.3 Å². The Hall–Kier alpha value is -4.03. The molecule has 4 heterocycles. The zero-order valence-electron chi connectivity index (χ0n) is 22.5. The van der Waals surface area contributed by atoms with Crippen LogP contribution in [0, 0.1) is 0 Å². The minimum absolute atomic E-state index is 0.123. The van der Waals surface area contributed by atoms with Gasteiger partial charge in [0.2, 0.25) is 0 Å². The molecular formula is C29H30ClN7O4. The number of amides is 2. The summed E-state index contributed by atoms with van der Waals surface area (Å²) < 4.78 is 0. The summed E-state index contributed by atoms with van der Waals surface area (Å²) in [6.45, 7) is 4.83. The predicted octanol–water partition coefficient (Wildman–Crippen LogP) is 2.56. The average molecular weight is 576 g/mol. The van der Waals surface area contributed by atoms with Crippen molar-refractivity contribution >= 4 is 40.1 Å². The molecule has 1 fully saturated rings. The lowest BCUT2D eigenvalue weighted by Crippen LogP contribution is -2.47. The van der Waals surface area contributed by atoms with Crippen molar-refractivity contribution in [2.45, 2.75) is 6.10 Å². The first-order chi connectivity index (χ1) is 19.8. The number of likely N-dealkylation sites (N-methyl/N-ethyl adjacent to an activating group) is 1. The summed E-state index contributed by atoms with van der Waals surface area (Å²) in [5.41, 5.74) is 2.59. The van der Waals surface area contributed by atoms with E-state index in [0.29, 0.717) is 51.5 Å². The third-order valence-corrected chi connectivity index (χ3v) is 7.96. The van der Waals surface area contributed by atoms with Gasteiger partial charge in [0.1, 0.15) is 11.4 Å². The van der Waals surface area contributed by atoms with Crippen LogP contribution >= 0.6 is 11.6 Å². The topological polar surface area (TPSA) is 138 Å². The van der Waals surface area contributed by atoms with Crippen molar-refractivity contribution in [2.75, 3.05) is 58.2 Å². The molecule has 0 saturated carbocycles. The molecule has 4 N–H and O–H groups in total. The maximum absolute atomic E-state index is 13.2. The van der Waals surface area contributed by atoms with Crippen LogP contribution in [-0.2, 0) is 0 Å². The zero-order valence-corrected chi connectivity index (χ0v) is 23.2. The van der Waals surface area contributed by atoms with Crippen LogP contribution in [0.3, 0.4) is 0 Å². The first-order valence-corrected chi connectivity index (χ1v) is 13.9. The minimum atomic E-state index is -0.865. The summed E-state index contributed by atoms with van der Waals surface area (Å²) >= 11 is 6.05. The van der Waals surface area contributed by atoms with Gasteiger partial charge in [0.05, 0.1) is 34.0 Å². The lowest BCUT2D eigenvalue weighted by molar-refractivity contribution is 0.0621. The number of benzene rings is 2. The maximum Gasteiger partial charge on any atom is 0.261 e. The van der Waals surface area contributed by atoms with E-state index >= 15 is 0 Å². The van der Waals surface area contributed by atoms with Crippen LogP contribution in [0.4, 0.5) is 5.69 Å². The third-order valence-electron chi connectivity index (χ3n) is 7.72. The van der Waals surface area contributed by atoms with Gasteiger partial charge in [-0.15, -0.1) is 0 Å². The Morgan fingerprint density at radius 3 is 2.54 bits per heavy atom. The SMILES string of the molecule is CN1CCN(CCN2C(=O)c3cc4nc(-c5c(NC[C@@H](O)c6cccc(Cl)c6)cc[nH]c5=O)[nH]c4cc3C2=O)CC1. The number of fused-ring (bicyclic) bond motifs is 2. The number of hydrogen-bond donors (Lipinski definition) is 4. The molecule has 0 unspecified atom stereocenters. The molecule has 6 rings (SSSR count). The van der Waals surface area contributed by atoms with Crippen LogP contribution in [0.15, 0.2) is 53.5 Å². The van der Waals surface area contributed by atoms with Gasteiger partial charge in [-0.3, -0.25) is 24.2 Å². The molecule has 41 heavy (non-hydrogen) atoms. The van der Waals surface area contributed by atoms with Crippen molar-refractivity contribution < 1.29 is 14.7 Å². The molecule has 12 heteroatoms. The van der Waals surface area contributed by atoms with Crippen molar-refractivity contribution in [3.63, 3.8) is 0 Å². The number of aliphatic hydroxyl groups is 1. The smallest absolute Gasteiger partial charge is 0.261 e. The Kier molecular flexibility index (Phi) is 7.35. The number of aliphatic hydroxyl groups excluding tert-OH is 1. The Labute approximate surface area is 240 Å². The second-order valence-electron chi connectivity index (χ2n) is 10.5. The van der Waals surface area contributed by atoms with Gasteiger partial charge < -0.3 is 25.3 Å². The minimum Gasteiger partial charge on any atom is -0.387 e. The Bertz CT molecular complexity index is 1640. The number of carbonyl (C=O) groups is 2. The fraction of sp³-hybridized carbons (Fsp3) is 0.310. The number of anilines is 1. The summed E-state index contributed by atoms with van der Waals surface area (Å²) in [6.07, 6.45) is 0.640. The lowest BCUT2D eigenvalue weighted by atomic mass is 10.1. The number of carbonyl (C=O) groups excluding carboxylic acids is 2. The summed E-state index contributed by atoms with van der Waals surface area (Å²) in [4.78, 5) is 55.5. The van der Waals surface area contributed by atoms with E-state index in [9.17, 15) is 19.5 Å². The van der Waals surface area contributed by atoms with Gasteiger partial charge in [-0.1, -0.05) is 23.7 Å². The fourth-order valence-corrected chi connectivity index (χ4v) is 5.53. The van der Waals surface area contributed by atoms with Crippen molar-refractivity contribution in [3.8, 4) is 11.4 Å². The second-order valence-corrected chi connectivity index (χ2v) is 10.9. The number of imidazole rings is 1. The highest BCUT2D eigenvalue weighted by Crippen LogP contribution is 2.30. The van der Waals surface area contributed by atoms with E-state index in [4.69, 9.17) is 11.6 Å². The van der Waals surface area contributed by atoms with Crippen LogP contribution in [0.5, 0.6) is 0 Å². The molecule has 4 aromatic rings. The molecule has 2 aromatic carbocycles. The van der Waals surface area contributed by atoms with Crippen LogP contribution < -0.4 is 10.9 Å². The molecule has 11 nitrogen and oxygen atoms in total. The standard InChI is InChI=1S/C29H30ClN7O4/c1-35-7-9-36(10-8-35)11-12-37-28(40)19-14-22-23(15-20(19)29(37)41)34-26(33-22)25-21(5-6-31-27(25)39)32-16-24(38)17-3-2-4-18(30)13-17/h2-6,13-15,24,38H,7-12,16H2,1H3,(H,33,34)(H2,31,32,39)/t24-/m1/s1. The van der Waals surface area contributed by atoms with Crippen LogP contribution in [0.25, 0.3) is 22.4 Å². The van der Waals surface area contributed by atoms with Gasteiger partial charge in [-0.25, -0.2) is 4.98 Å². The van der Waals surface area contributed by atoms with Crippen LogP contribution in [0.2, 0.25) is 5.02 Å². The monoisotopic (exact) mass is 575 g/mol. The average Bonchev–Trinajstić information content (AvgIpc) is 3.47. The van der Waals surface area contributed by atoms with Gasteiger partial charge in [-0.2, -0.15) is 0 Å². The van der Waals surface area contributed by atoms with Crippen LogP contribution in [-0.4, -0.2) is 99.4 Å². The number of nitrogens with one attached hydrogen (secondary N) is 3. The maximum atomic E-state index is 13.2. The summed E-state index contributed by atoms with van der Waals surface area (Å²) in [5.74, 6) is -0.385. The molecule has 212 valence electrons. The Balaban J connectivity index is 1.22. The van der Waals surface area contributed by atoms with Gasteiger partial charge >= 0.3 is 0 Å². The number of nitrogens with zero attached hydrogens (tertiary/aromatic N) is 4. The molecule has 1 atom stereocenters. The number of hydrogen-bond acceptors (Lipinski definition) is 8. The van der Waals surface area contributed by atoms with Crippen molar-refractivity contribution in [3.05, 3.63) is 80.7 Å². The van der Waals surface area contributed by atoms with E-state index in [1.807, 2.05) is 0 Å². The van der Waals surface area contributed by atoms with E-state index in [1.165, 1.54) is 11.1 Å². The number of H-pyrrole nitrogens is 2. The predicted molar refractivity (Wildman–Crippen MR) is 156 cm³/mol. The summed E-state index contributed by atoms with van der Waals surface area (Å²) in [5, 5.41) is 14.3. The number of aromatic amines is 2. The molecule has 0 spiro atoms. The first kappa shape index (κ1) is 27.2. The highest BCUT2D eigenvalue weighted by atomic mass is 35.5. The molecule has 2 aliphatic rings. The largest absolute Gasteiger partial charge is 0.387 e. The fourth-order valence-electron chi connectivity index (χ4n) is 5.33. The van der Waals surface area contributed by atoms with E-state index in [0.717, 1.165) is 26.2 Å². The van der Waals surface area contributed by atoms with Crippen molar-refractivity contribution in [2.24, 2.45) is 0 Å². The molecule has 1 saturated heterocycles. The van der Waals surface area contributed by atoms with Gasteiger partial charge in [0.25, 0.3) is 17.4 Å². The number of aromatic nitrogens is 3. The molecule has 0 aliphatic carbocycles. The highest BCUT2D eigenvalue weighted by Gasteiger charge is 2.36. The second kappa shape index (κ2) is 11.1. The van der Waals surface area contributed by atoms with E-state index in [2.05, 4.69) is 37.1 Å². The lowest BCUT2D eigenvalue weighted by Gasteiger charge is -2.33. The molecule has 2 aromatic heterocycles. The summed E-state index contributed by atoms with van der Waals surface area (Å²) in [7, 11) is 2.08. The third kappa shape index (κ3) is 5.36. The number of pyridine rings is 1. The van der Waals surface area contributed by atoms with Crippen LogP contribution in [0.1, 0.15) is 32.4 Å². The van der Waals surface area contributed by atoms with E-state index < -0.39 is 6.10 Å². The van der Waals surface area contributed by atoms with Crippen molar-refractivity contribution in [1.82, 2.24) is 29.7 Å². The van der Waals surface area contributed by atoms with E-state index in [1.54, 1.807) is 42.5 Å². The quantitative estimate of drug-likeness (QED) is 0.235. The Morgan fingerprint density at radius 2 is 1.78 bits per heavy atom. The molecule has 2 amide bonds. The Morgan fingerprint density at radius 1 is 1.02 bits per heavy atom. The van der Waals surface area contributed by atoms with Gasteiger partial charge in [0.15, 0.2) is 0 Å². The van der Waals surface area contributed by atoms with Crippen molar-refractivity contribution in [1.29, 1.82) is 0 Å². The molecule has 2 aliphatic heterocycles.